The quantitative estimate of drug-likeness (QED) is 0.517. The Bertz CT molecular complexity index is 1070. The van der Waals surface area contributed by atoms with Gasteiger partial charge in [-0.1, -0.05) is 18.1 Å². The molecule has 142 valence electrons. The Morgan fingerprint density at radius 2 is 2.25 bits per heavy atom. The van der Waals surface area contributed by atoms with E-state index in [9.17, 15) is 4.79 Å². The van der Waals surface area contributed by atoms with Crippen molar-refractivity contribution in [3.8, 4) is 17.3 Å². The Kier molecular flexibility index (Phi) is 5.24. The number of hydrogen-bond donors (Lipinski definition) is 1. The van der Waals surface area contributed by atoms with Gasteiger partial charge in [-0.15, -0.1) is 11.3 Å². The van der Waals surface area contributed by atoms with Gasteiger partial charge >= 0.3 is 0 Å². The molecule has 0 atom stereocenters. The number of pyridine rings is 1. The second-order valence-corrected chi connectivity index (χ2v) is 7.06. The van der Waals surface area contributed by atoms with Crippen molar-refractivity contribution in [2.75, 3.05) is 6.54 Å². The molecule has 0 fully saturated rings. The number of rotatable bonds is 7. The molecule has 0 aliphatic rings. The number of aryl methyl sites for hydroxylation is 1. The van der Waals surface area contributed by atoms with Gasteiger partial charge in [0.05, 0.1) is 0 Å². The van der Waals surface area contributed by atoms with Gasteiger partial charge in [0.1, 0.15) is 17.8 Å². The van der Waals surface area contributed by atoms with Crippen molar-refractivity contribution in [1.29, 1.82) is 0 Å². The standard InChI is InChI=1S/C19H18N6O2S/c1-2-16-23-19(27-24-16)13-5-7-20-17(10-13)25-11-15(22-12-25)18(26)21-8-6-14-4-3-9-28-14/h3-5,7,9-12H,2,6,8H2,1H3,(H,21,26). The van der Waals surface area contributed by atoms with Crippen LogP contribution in [-0.4, -0.2) is 37.1 Å². The number of carbonyl (C=O) groups is 1. The third-order valence-corrected chi connectivity index (χ3v) is 5.03. The van der Waals surface area contributed by atoms with Gasteiger partial charge in [0.25, 0.3) is 11.8 Å². The van der Waals surface area contributed by atoms with Crippen LogP contribution in [-0.2, 0) is 12.8 Å². The summed E-state index contributed by atoms with van der Waals surface area (Å²) in [6.45, 7) is 2.53. The molecule has 0 saturated carbocycles. The van der Waals surface area contributed by atoms with E-state index in [0.717, 1.165) is 12.0 Å². The molecular weight excluding hydrogens is 376 g/mol. The van der Waals surface area contributed by atoms with E-state index in [4.69, 9.17) is 4.52 Å². The zero-order chi connectivity index (χ0) is 19.3. The van der Waals surface area contributed by atoms with Gasteiger partial charge in [-0.25, -0.2) is 9.97 Å². The van der Waals surface area contributed by atoms with E-state index in [0.29, 0.717) is 36.2 Å². The lowest BCUT2D eigenvalue weighted by atomic mass is 10.2. The molecule has 4 aromatic heterocycles. The third kappa shape index (κ3) is 3.99. The first kappa shape index (κ1) is 18.1. The Labute approximate surface area is 165 Å². The molecule has 8 nitrogen and oxygen atoms in total. The molecule has 0 aliphatic heterocycles. The summed E-state index contributed by atoms with van der Waals surface area (Å²) in [7, 11) is 0. The molecule has 28 heavy (non-hydrogen) atoms. The van der Waals surface area contributed by atoms with Gasteiger partial charge in [-0.05, 0) is 30.0 Å². The molecule has 9 heteroatoms. The molecular formula is C19H18N6O2S. The zero-order valence-electron chi connectivity index (χ0n) is 15.2. The molecule has 4 rings (SSSR count). The van der Waals surface area contributed by atoms with Crippen LogP contribution in [0.2, 0.25) is 0 Å². The van der Waals surface area contributed by atoms with Crippen molar-refractivity contribution < 1.29 is 9.32 Å². The van der Waals surface area contributed by atoms with E-state index in [-0.39, 0.29) is 5.91 Å². The predicted octanol–water partition coefficient (Wildman–Crippen LogP) is 2.91. The highest BCUT2D eigenvalue weighted by Gasteiger charge is 2.12. The van der Waals surface area contributed by atoms with Crippen LogP contribution in [0.5, 0.6) is 0 Å². The first-order chi connectivity index (χ1) is 13.7. The van der Waals surface area contributed by atoms with E-state index in [1.54, 1.807) is 40.7 Å². The Morgan fingerprint density at radius 1 is 1.32 bits per heavy atom. The Morgan fingerprint density at radius 3 is 3.04 bits per heavy atom. The molecule has 0 bridgehead atoms. The van der Waals surface area contributed by atoms with Gasteiger partial charge in [0, 0.05) is 35.8 Å². The maximum Gasteiger partial charge on any atom is 0.271 e. The van der Waals surface area contributed by atoms with Crippen molar-refractivity contribution in [2.45, 2.75) is 19.8 Å². The number of imidazole rings is 1. The minimum atomic E-state index is -0.212. The number of nitrogens with one attached hydrogen (secondary N) is 1. The van der Waals surface area contributed by atoms with Crippen molar-refractivity contribution in [3.05, 3.63) is 64.8 Å². The lowest BCUT2D eigenvalue weighted by Gasteiger charge is -2.03. The third-order valence-electron chi connectivity index (χ3n) is 4.09. The van der Waals surface area contributed by atoms with Gasteiger partial charge in [0.15, 0.2) is 5.82 Å². The maximum absolute atomic E-state index is 12.3. The van der Waals surface area contributed by atoms with Crippen LogP contribution in [0, 0.1) is 0 Å². The van der Waals surface area contributed by atoms with Crippen LogP contribution in [0.3, 0.4) is 0 Å². The molecule has 1 amide bonds. The summed E-state index contributed by atoms with van der Waals surface area (Å²) >= 11 is 1.68. The fourth-order valence-corrected chi connectivity index (χ4v) is 3.33. The molecule has 0 saturated heterocycles. The number of thiophene rings is 1. The number of hydrogen-bond acceptors (Lipinski definition) is 7. The second-order valence-electron chi connectivity index (χ2n) is 6.02. The van der Waals surface area contributed by atoms with Crippen LogP contribution >= 0.6 is 11.3 Å². The summed E-state index contributed by atoms with van der Waals surface area (Å²) in [5, 5.41) is 8.82. The van der Waals surface area contributed by atoms with Crippen LogP contribution in [0.15, 0.2) is 52.9 Å². The zero-order valence-corrected chi connectivity index (χ0v) is 16.0. The van der Waals surface area contributed by atoms with Crippen LogP contribution in [0.4, 0.5) is 0 Å². The molecule has 0 spiro atoms. The highest BCUT2D eigenvalue weighted by Crippen LogP contribution is 2.19. The fraction of sp³-hybridized carbons (Fsp3) is 0.211. The smallest absolute Gasteiger partial charge is 0.271 e. The highest BCUT2D eigenvalue weighted by atomic mass is 32.1. The lowest BCUT2D eigenvalue weighted by molar-refractivity contribution is 0.0949. The summed E-state index contributed by atoms with van der Waals surface area (Å²) in [4.78, 5) is 26.4. The summed E-state index contributed by atoms with van der Waals surface area (Å²) in [6.07, 6.45) is 6.37. The maximum atomic E-state index is 12.3. The Hall–Kier alpha value is -3.33. The molecule has 0 aliphatic carbocycles. The Balaban J connectivity index is 1.44. The normalized spacial score (nSPS) is 10.9. The predicted molar refractivity (Wildman–Crippen MR) is 104 cm³/mol. The summed E-state index contributed by atoms with van der Waals surface area (Å²) in [5.41, 5.74) is 1.09. The first-order valence-electron chi connectivity index (χ1n) is 8.87. The lowest BCUT2D eigenvalue weighted by Crippen LogP contribution is -2.25. The van der Waals surface area contributed by atoms with Crippen LogP contribution in [0.1, 0.15) is 28.1 Å². The van der Waals surface area contributed by atoms with Gasteiger partial charge in [-0.2, -0.15) is 4.98 Å². The second kappa shape index (κ2) is 8.13. The average molecular weight is 394 g/mol. The topological polar surface area (TPSA) is 98.7 Å². The van der Waals surface area contributed by atoms with Crippen LogP contribution in [0.25, 0.3) is 17.3 Å². The van der Waals surface area contributed by atoms with E-state index >= 15 is 0 Å². The van der Waals surface area contributed by atoms with E-state index in [2.05, 4.69) is 31.5 Å². The number of amides is 1. The van der Waals surface area contributed by atoms with Gasteiger partial charge < -0.3 is 9.84 Å². The molecule has 0 aromatic carbocycles. The molecule has 0 unspecified atom stereocenters. The van der Waals surface area contributed by atoms with Crippen molar-refractivity contribution in [2.24, 2.45) is 0 Å². The fourth-order valence-electron chi connectivity index (χ4n) is 2.62. The SMILES string of the molecule is CCc1noc(-c2ccnc(-n3cnc(C(=O)NCCc4cccs4)c3)c2)n1. The van der Waals surface area contributed by atoms with Crippen molar-refractivity contribution >= 4 is 17.2 Å². The monoisotopic (exact) mass is 394 g/mol. The summed E-state index contributed by atoms with van der Waals surface area (Å²) in [5.74, 6) is 1.49. The van der Waals surface area contributed by atoms with Crippen molar-refractivity contribution in [3.63, 3.8) is 0 Å². The number of nitrogens with zero attached hydrogens (tertiary/aromatic N) is 5. The molecule has 1 N–H and O–H groups in total. The number of carbonyl (C=O) groups excluding carboxylic acids is 1. The van der Waals surface area contributed by atoms with E-state index < -0.39 is 0 Å². The molecule has 0 radical (unpaired) electrons. The molecule has 4 heterocycles. The van der Waals surface area contributed by atoms with Gasteiger partial charge in [0.2, 0.25) is 0 Å². The van der Waals surface area contributed by atoms with Gasteiger partial charge in [-0.3, -0.25) is 9.36 Å². The van der Waals surface area contributed by atoms with Crippen molar-refractivity contribution in [1.82, 2.24) is 30.0 Å². The minimum absolute atomic E-state index is 0.212. The highest BCUT2D eigenvalue weighted by molar-refractivity contribution is 7.09. The van der Waals surface area contributed by atoms with Crippen LogP contribution < -0.4 is 5.32 Å². The number of aromatic nitrogens is 5. The molecule has 4 aromatic rings. The first-order valence-corrected chi connectivity index (χ1v) is 9.75. The largest absolute Gasteiger partial charge is 0.350 e. The van der Waals surface area contributed by atoms with E-state index in [1.807, 2.05) is 24.4 Å². The van der Waals surface area contributed by atoms with E-state index in [1.165, 1.54) is 4.88 Å². The summed E-state index contributed by atoms with van der Waals surface area (Å²) < 4.78 is 6.96. The average Bonchev–Trinajstić information content (AvgIpc) is 3.49. The minimum Gasteiger partial charge on any atom is -0.350 e. The summed E-state index contributed by atoms with van der Waals surface area (Å²) in [6, 6.07) is 7.66.